The molecule has 1 aromatic carbocycles. The third-order valence-corrected chi connectivity index (χ3v) is 7.66. The molecule has 0 spiro atoms. The van der Waals surface area contributed by atoms with Crippen LogP contribution in [0.15, 0.2) is 42.9 Å². The second-order valence-electron chi connectivity index (χ2n) is 8.39. The van der Waals surface area contributed by atoms with Crippen LogP contribution in [-0.4, -0.2) is 73.8 Å². The first kappa shape index (κ1) is 27.9. The van der Waals surface area contributed by atoms with Crippen molar-refractivity contribution in [2.75, 3.05) is 19.5 Å². The summed E-state index contributed by atoms with van der Waals surface area (Å²) in [7, 11) is -3.03. The van der Waals surface area contributed by atoms with Gasteiger partial charge in [-0.3, -0.25) is 9.32 Å². The Labute approximate surface area is 222 Å². The molecule has 16 heteroatoms. The van der Waals surface area contributed by atoms with Gasteiger partial charge in [-0.25, -0.2) is 14.5 Å². The van der Waals surface area contributed by atoms with Gasteiger partial charge in [-0.1, -0.05) is 30.4 Å². The van der Waals surface area contributed by atoms with E-state index in [4.69, 9.17) is 37.5 Å². The summed E-state index contributed by atoms with van der Waals surface area (Å²) in [4.78, 5) is 20.1. The molecule has 0 bridgehead atoms. The van der Waals surface area contributed by atoms with Crippen molar-refractivity contribution >= 4 is 47.8 Å². The molecule has 0 amide bonds. The first-order valence-corrected chi connectivity index (χ1v) is 13.3. The van der Waals surface area contributed by atoms with Crippen LogP contribution in [-0.2, 0) is 23.4 Å². The number of aliphatic hydroxyl groups is 2. The standard InChI is InChI=1S/C22H27N6O8PS/c1-11(22(31)33-2)27-37(32,36-12-6-4-3-5-7-12)34-9-14-16(29)17(30)21(35-14)28-8-13(19(24)38)15-18(23)25-10-26-20(15)28/h3-8,10-11,14,16-17,21,29-30H,9H2,1-2H3,(H2,24,38)(H,27,32)(H2,23,25,26)/t11-,14?,16?,17+,21+,37?/m0/s1. The highest BCUT2D eigenvalue weighted by atomic mass is 32.1. The maximum absolute atomic E-state index is 13.6. The summed E-state index contributed by atoms with van der Waals surface area (Å²) in [6.45, 7) is 0.930. The highest BCUT2D eigenvalue weighted by Gasteiger charge is 2.46. The zero-order valence-electron chi connectivity index (χ0n) is 20.3. The predicted molar refractivity (Wildman–Crippen MR) is 139 cm³/mol. The molecule has 3 heterocycles. The minimum atomic E-state index is -4.21. The number of aromatic nitrogens is 3. The number of nitrogen functional groups attached to an aromatic ring is 1. The molecule has 7 N–H and O–H groups in total. The number of hydrogen-bond donors (Lipinski definition) is 5. The number of carbonyl (C=O) groups excluding carboxylic acids is 1. The van der Waals surface area contributed by atoms with Gasteiger partial charge in [0.1, 0.15) is 52.9 Å². The third kappa shape index (κ3) is 5.63. The first-order valence-electron chi connectivity index (χ1n) is 11.3. The van der Waals surface area contributed by atoms with Crippen LogP contribution >= 0.6 is 20.0 Å². The topological polar surface area (TPSA) is 206 Å². The van der Waals surface area contributed by atoms with Gasteiger partial charge in [-0.2, -0.15) is 5.09 Å². The summed E-state index contributed by atoms with van der Waals surface area (Å²) >= 11 is 5.11. The highest BCUT2D eigenvalue weighted by Crippen LogP contribution is 2.46. The zero-order valence-corrected chi connectivity index (χ0v) is 22.0. The molecule has 1 aliphatic heterocycles. The lowest BCUT2D eigenvalue weighted by Crippen LogP contribution is -2.37. The summed E-state index contributed by atoms with van der Waals surface area (Å²) in [6, 6.07) is 7.09. The number of hydrogen-bond acceptors (Lipinski definition) is 12. The number of ether oxygens (including phenoxy) is 2. The highest BCUT2D eigenvalue weighted by molar-refractivity contribution is 7.80. The number of nitrogens with two attached hydrogens (primary N) is 2. The summed E-state index contributed by atoms with van der Waals surface area (Å²) in [5.41, 5.74) is 12.4. The van der Waals surface area contributed by atoms with Crippen molar-refractivity contribution in [2.24, 2.45) is 5.73 Å². The minimum Gasteiger partial charge on any atom is -0.468 e. The molecule has 3 unspecified atom stereocenters. The van der Waals surface area contributed by atoms with Crippen LogP contribution in [0.2, 0.25) is 0 Å². The molecule has 0 aliphatic carbocycles. The van der Waals surface area contributed by atoms with E-state index in [9.17, 15) is 19.6 Å². The van der Waals surface area contributed by atoms with Crippen molar-refractivity contribution in [1.29, 1.82) is 0 Å². The SMILES string of the molecule is COC(=O)[C@H](C)NP(=O)(OCC1O[C@@H](n2cc(C(N)=S)c3c(N)ncnc32)[C@H](O)C1O)Oc1ccccc1. The van der Waals surface area contributed by atoms with E-state index < -0.39 is 50.9 Å². The third-order valence-electron chi connectivity index (χ3n) is 5.80. The molecule has 14 nitrogen and oxygen atoms in total. The number of esters is 1. The molecule has 38 heavy (non-hydrogen) atoms. The summed E-state index contributed by atoms with van der Waals surface area (Å²) in [5.74, 6) is -0.380. The molecule has 1 fully saturated rings. The Morgan fingerprint density at radius 3 is 2.66 bits per heavy atom. The molecular formula is C22H27N6O8PS. The maximum Gasteiger partial charge on any atom is 0.459 e. The Morgan fingerprint density at radius 2 is 2.00 bits per heavy atom. The van der Waals surface area contributed by atoms with Crippen LogP contribution < -0.4 is 21.1 Å². The number of nitrogens with one attached hydrogen (secondary N) is 1. The number of methoxy groups -OCH3 is 1. The number of thiocarbonyl (C=S) groups is 1. The maximum atomic E-state index is 13.6. The lowest BCUT2D eigenvalue weighted by molar-refractivity contribution is -0.142. The Balaban J connectivity index is 1.57. The van der Waals surface area contributed by atoms with Gasteiger partial charge >= 0.3 is 13.7 Å². The molecule has 6 atom stereocenters. The number of anilines is 1. The number of benzene rings is 1. The molecule has 4 rings (SSSR count). The number of carbonyl (C=O) groups is 1. The average molecular weight is 567 g/mol. The fourth-order valence-electron chi connectivity index (χ4n) is 3.93. The van der Waals surface area contributed by atoms with E-state index in [1.54, 1.807) is 30.3 Å². The van der Waals surface area contributed by atoms with E-state index in [2.05, 4.69) is 19.8 Å². The fourth-order valence-corrected chi connectivity index (χ4v) is 5.59. The van der Waals surface area contributed by atoms with Crippen LogP contribution in [0.25, 0.3) is 11.0 Å². The van der Waals surface area contributed by atoms with Gasteiger partial charge in [0.15, 0.2) is 6.23 Å². The monoisotopic (exact) mass is 566 g/mol. The Morgan fingerprint density at radius 1 is 1.29 bits per heavy atom. The lowest BCUT2D eigenvalue weighted by Gasteiger charge is -2.24. The zero-order chi connectivity index (χ0) is 27.6. The fraction of sp³-hybridized carbons (Fsp3) is 0.364. The van der Waals surface area contributed by atoms with Crippen LogP contribution in [0, 0.1) is 0 Å². The first-order chi connectivity index (χ1) is 18.0. The number of rotatable bonds is 10. The van der Waals surface area contributed by atoms with Crippen molar-refractivity contribution in [2.45, 2.75) is 37.5 Å². The van der Waals surface area contributed by atoms with Gasteiger partial charge in [-0.05, 0) is 19.1 Å². The lowest BCUT2D eigenvalue weighted by atomic mass is 10.1. The smallest absolute Gasteiger partial charge is 0.459 e. The normalized spacial score (nSPS) is 23.6. The summed E-state index contributed by atoms with van der Waals surface area (Å²) in [5, 5.41) is 24.4. The van der Waals surface area contributed by atoms with Gasteiger partial charge in [0.05, 0.1) is 19.1 Å². The molecule has 0 radical (unpaired) electrons. The predicted octanol–water partition coefficient (Wildman–Crippen LogP) is 0.622. The van der Waals surface area contributed by atoms with Crippen LogP contribution in [0.1, 0.15) is 18.7 Å². The molecular weight excluding hydrogens is 539 g/mol. The molecule has 1 saturated heterocycles. The van der Waals surface area contributed by atoms with E-state index >= 15 is 0 Å². The number of fused-ring (bicyclic) bond motifs is 1. The summed E-state index contributed by atoms with van der Waals surface area (Å²) < 4.78 is 36.7. The van der Waals surface area contributed by atoms with Crippen molar-refractivity contribution < 1.29 is 38.1 Å². The quantitative estimate of drug-likeness (QED) is 0.130. The number of nitrogens with zero attached hydrogens (tertiary/aromatic N) is 3. The van der Waals surface area contributed by atoms with Crippen molar-refractivity contribution in [1.82, 2.24) is 19.6 Å². The van der Waals surface area contributed by atoms with Crippen molar-refractivity contribution in [3.05, 3.63) is 48.4 Å². The van der Waals surface area contributed by atoms with Crippen molar-refractivity contribution in [3.63, 3.8) is 0 Å². The van der Waals surface area contributed by atoms with E-state index in [0.29, 0.717) is 10.9 Å². The van der Waals surface area contributed by atoms with Crippen LogP contribution in [0.5, 0.6) is 5.75 Å². The van der Waals surface area contributed by atoms with E-state index in [1.807, 2.05) is 0 Å². The van der Waals surface area contributed by atoms with Gasteiger partial charge in [-0.15, -0.1) is 0 Å². The van der Waals surface area contributed by atoms with E-state index in [-0.39, 0.29) is 22.2 Å². The Bertz CT molecular complexity index is 1370. The molecule has 0 saturated carbocycles. The minimum absolute atomic E-state index is 0.0213. The van der Waals surface area contributed by atoms with Crippen LogP contribution in [0.4, 0.5) is 5.82 Å². The second kappa shape index (κ2) is 11.3. The van der Waals surface area contributed by atoms with E-state index in [1.165, 1.54) is 31.1 Å². The number of para-hydroxylation sites is 1. The molecule has 1 aliphatic rings. The average Bonchev–Trinajstić information content (AvgIpc) is 3.41. The van der Waals surface area contributed by atoms with Crippen molar-refractivity contribution in [3.8, 4) is 5.75 Å². The molecule has 2 aromatic heterocycles. The molecule has 3 aromatic rings. The van der Waals surface area contributed by atoms with Gasteiger partial charge in [0.25, 0.3) is 0 Å². The molecule has 204 valence electrons. The largest absolute Gasteiger partial charge is 0.468 e. The van der Waals surface area contributed by atoms with Gasteiger partial charge < -0.3 is 40.2 Å². The second-order valence-corrected chi connectivity index (χ2v) is 10.5. The van der Waals surface area contributed by atoms with Crippen LogP contribution in [0.3, 0.4) is 0 Å². The van der Waals surface area contributed by atoms with Gasteiger partial charge in [0, 0.05) is 11.8 Å². The Hall–Kier alpha value is -3.17. The number of aliphatic hydroxyl groups excluding tert-OH is 2. The summed E-state index contributed by atoms with van der Waals surface area (Å²) in [6.07, 6.45) is -2.52. The van der Waals surface area contributed by atoms with Gasteiger partial charge in [0.2, 0.25) is 0 Å². The Kier molecular flexibility index (Phi) is 8.28. The van der Waals surface area contributed by atoms with E-state index in [0.717, 1.165) is 0 Å².